The molecule has 0 aliphatic heterocycles. The van der Waals surface area contributed by atoms with Crippen LogP contribution in [-0.2, 0) is 15.9 Å². The molecule has 0 fully saturated rings. The van der Waals surface area contributed by atoms with E-state index in [0.717, 1.165) is 10.4 Å². The van der Waals surface area contributed by atoms with Crippen LogP contribution < -0.4 is 0 Å². The molecule has 1 rings (SSSR count). The fraction of sp³-hybridized carbons (Fsp3) is 0.556. The predicted octanol–water partition coefficient (Wildman–Crippen LogP) is 2.44. The van der Waals surface area contributed by atoms with E-state index < -0.39 is 10.0 Å². The number of rotatable bonds is 4. The van der Waals surface area contributed by atoms with Crippen molar-refractivity contribution in [3.8, 4) is 0 Å². The molecule has 0 aliphatic rings. The summed E-state index contributed by atoms with van der Waals surface area (Å²) >= 11 is 7.12. The summed E-state index contributed by atoms with van der Waals surface area (Å²) in [6.45, 7) is 4.06. The second-order valence-electron chi connectivity index (χ2n) is 3.22. The highest BCUT2D eigenvalue weighted by Crippen LogP contribution is 2.30. The molecule has 0 aliphatic carbocycles. The Morgan fingerprint density at radius 2 is 2.13 bits per heavy atom. The monoisotopic (exact) mass is 267 g/mol. The minimum absolute atomic E-state index is 0.241. The number of aryl methyl sites for hydroxylation is 1. The number of sulfonamides is 1. The van der Waals surface area contributed by atoms with E-state index in [4.69, 9.17) is 11.6 Å². The summed E-state index contributed by atoms with van der Waals surface area (Å²) in [5.41, 5.74) is 0.774. The van der Waals surface area contributed by atoms with Crippen LogP contribution in [0.4, 0.5) is 0 Å². The topological polar surface area (TPSA) is 37.4 Å². The van der Waals surface area contributed by atoms with Gasteiger partial charge in [0.05, 0.1) is 5.88 Å². The molecule has 3 nitrogen and oxygen atoms in total. The fourth-order valence-electron chi connectivity index (χ4n) is 1.25. The van der Waals surface area contributed by atoms with Crippen LogP contribution in [0.5, 0.6) is 0 Å². The maximum atomic E-state index is 12.1. The third-order valence-corrected chi connectivity index (χ3v) is 6.05. The molecule has 0 amide bonds. The van der Waals surface area contributed by atoms with E-state index in [2.05, 4.69) is 0 Å². The summed E-state index contributed by atoms with van der Waals surface area (Å²) in [7, 11) is -1.79. The molecule has 0 spiro atoms. The molecule has 1 aromatic heterocycles. The summed E-state index contributed by atoms with van der Waals surface area (Å²) in [4.78, 5) is 1.10. The van der Waals surface area contributed by atoms with Gasteiger partial charge in [0, 0.05) is 18.5 Å². The Morgan fingerprint density at radius 3 is 2.60 bits per heavy atom. The smallest absolute Gasteiger partial charge is 0.207 e. The highest BCUT2D eigenvalue weighted by Gasteiger charge is 2.25. The van der Waals surface area contributed by atoms with Gasteiger partial charge in [0.1, 0.15) is 4.90 Å². The van der Waals surface area contributed by atoms with E-state index in [1.165, 1.54) is 15.6 Å². The summed E-state index contributed by atoms with van der Waals surface area (Å²) in [5, 5.41) is 1.83. The van der Waals surface area contributed by atoms with Gasteiger partial charge in [0.25, 0.3) is 0 Å². The van der Waals surface area contributed by atoms with Crippen molar-refractivity contribution in [2.75, 3.05) is 13.6 Å². The van der Waals surface area contributed by atoms with Crippen molar-refractivity contribution in [2.24, 2.45) is 0 Å². The maximum absolute atomic E-state index is 12.1. The average molecular weight is 268 g/mol. The van der Waals surface area contributed by atoms with Crippen molar-refractivity contribution in [3.63, 3.8) is 0 Å². The normalized spacial score (nSPS) is 12.3. The molecular weight excluding hydrogens is 254 g/mol. The molecule has 0 aromatic carbocycles. The first-order valence-corrected chi connectivity index (χ1v) is 7.39. The molecule has 6 heteroatoms. The number of hydrogen-bond donors (Lipinski definition) is 0. The van der Waals surface area contributed by atoms with E-state index in [-0.39, 0.29) is 5.88 Å². The summed E-state index contributed by atoms with van der Waals surface area (Å²) in [6.07, 6.45) is 0. The number of halogens is 1. The Kier molecular flexibility index (Phi) is 4.17. The molecule has 15 heavy (non-hydrogen) atoms. The lowest BCUT2D eigenvalue weighted by molar-refractivity contribution is 0.485. The van der Waals surface area contributed by atoms with Crippen LogP contribution in [0.25, 0.3) is 0 Å². The van der Waals surface area contributed by atoms with Crippen LogP contribution in [0.3, 0.4) is 0 Å². The summed E-state index contributed by atoms with van der Waals surface area (Å²) < 4.78 is 25.5. The van der Waals surface area contributed by atoms with Gasteiger partial charge in [-0.1, -0.05) is 6.92 Å². The largest absolute Gasteiger partial charge is 0.244 e. The van der Waals surface area contributed by atoms with E-state index in [0.29, 0.717) is 11.4 Å². The maximum Gasteiger partial charge on any atom is 0.244 e. The van der Waals surface area contributed by atoms with E-state index >= 15 is 0 Å². The van der Waals surface area contributed by atoms with Crippen LogP contribution in [0.2, 0.25) is 0 Å². The van der Waals surface area contributed by atoms with Gasteiger partial charge in [-0.05, 0) is 17.9 Å². The molecule has 0 unspecified atom stereocenters. The first-order valence-electron chi connectivity index (χ1n) is 4.54. The Bertz CT molecular complexity index is 439. The van der Waals surface area contributed by atoms with E-state index in [9.17, 15) is 8.42 Å². The third kappa shape index (κ3) is 2.36. The lowest BCUT2D eigenvalue weighted by Crippen LogP contribution is -2.27. The van der Waals surface area contributed by atoms with Crippen LogP contribution >= 0.6 is 22.9 Å². The number of nitrogens with zero attached hydrogens (tertiary/aromatic N) is 1. The Morgan fingerprint density at radius 1 is 1.53 bits per heavy atom. The highest BCUT2D eigenvalue weighted by molar-refractivity contribution is 7.89. The molecule has 1 aromatic rings. The lowest BCUT2D eigenvalue weighted by Gasteiger charge is -2.15. The third-order valence-electron chi connectivity index (χ3n) is 2.22. The molecule has 0 saturated heterocycles. The number of thiophene rings is 1. The van der Waals surface area contributed by atoms with Crippen molar-refractivity contribution < 1.29 is 8.42 Å². The molecule has 0 bridgehead atoms. The average Bonchev–Trinajstić information content (AvgIpc) is 2.58. The molecule has 0 radical (unpaired) electrons. The SMILES string of the molecule is CCN(C)S(=O)(=O)c1c(C)csc1CCl. The van der Waals surface area contributed by atoms with Gasteiger partial charge in [0.15, 0.2) is 0 Å². The van der Waals surface area contributed by atoms with Crippen molar-refractivity contribution in [1.82, 2.24) is 4.31 Å². The Balaban J connectivity index is 3.32. The van der Waals surface area contributed by atoms with Gasteiger partial charge in [-0.15, -0.1) is 22.9 Å². The van der Waals surface area contributed by atoms with Gasteiger partial charge in [-0.25, -0.2) is 12.7 Å². The van der Waals surface area contributed by atoms with Gasteiger partial charge < -0.3 is 0 Å². The molecular formula is C9H14ClNO2S2. The van der Waals surface area contributed by atoms with Gasteiger partial charge in [-0.2, -0.15) is 0 Å². The number of hydrogen-bond acceptors (Lipinski definition) is 3. The Labute approximate surface area is 99.7 Å². The molecule has 0 saturated carbocycles. The summed E-state index contributed by atoms with van der Waals surface area (Å²) in [6, 6.07) is 0. The zero-order valence-corrected chi connectivity index (χ0v) is 11.3. The molecule has 86 valence electrons. The van der Waals surface area contributed by atoms with Crippen LogP contribution in [0.15, 0.2) is 10.3 Å². The lowest BCUT2D eigenvalue weighted by atomic mass is 10.3. The fourth-order valence-corrected chi connectivity index (χ4v) is 4.43. The zero-order chi connectivity index (χ0) is 11.6. The van der Waals surface area contributed by atoms with Crippen LogP contribution in [0.1, 0.15) is 17.4 Å². The molecule has 0 atom stereocenters. The first kappa shape index (κ1) is 13.0. The quantitative estimate of drug-likeness (QED) is 0.786. The minimum Gasteiger partial charge on any atom is -0.207 e. The van der Waals surface area contributed by atoms with Crippen LogP contribution in [-0.4, -0.2) is 26.3 Å². The second kappa shape index (κ2) is 4.82. The first-order chi connectivity index (χ1) is 6.95. The standard InChI is InChI=1S/C9H14ClNO2S2/c1-4-11(3)15(12,13)9-7(2)6-14-8(9)5-10/h6H,4-5H2,1-3H3. The predicted molar refractivity (Wildman–Crippen MR) is 64.1 cm³/mol. The van der Waals surface area contributed by atoms with Crippen molar-refractivity contribution in [3.05, 3.63) is 15.8 Å². The minimum atomic E-state index is -3.36. The highest BCUT2D eigenvalue weighted by atomic mass is 35.5. The van der Waals surface area contributed by atoms with Crippen molar-refractivity contribution in [2.45, 2.75) is 24.6 Å². The van der Waals surface area contributed by atoms with Crippen molar-refractivity contribution in [1.29, 1.82) is 0 Å². The van der Waals surface area contributed by atoms with E-state index in [1.54, 1.807) is 20.9 Å². The molecule has 1 heterocycles. The second-order valence-corrected chi connectivity index (χ2v) is 6.44. The van der Waals surface area contributed by atoms with Gasteiger partial charge in [0.2, 0.25) is 10.0 Å². The van der Waals surface area contributed by atoms with E-state index in [1.807, 2.05) is 5.38 Å². The van der Waals surface area contributed by atoms with Crippen molar-refractivity contribution >= 4 is 33.0 Å². The van der Waals surface area contributed by atoms with Gasteiger partial charge in [-0.3, -0.25) is 0 Å². The van der Waals surface area contributed by atoms with Gasteiger partial charge >= 0.3 is 0 Å². The summed E-state index contributed by atoms with van der Waals surface area (Å²) in [5.74, 6) is 0.241. The molecule has 0 N–H and O–H groups in total. The zero-order valence-electron chi connectivity index (χ0n) is 8.95. The number of alkyl halides is 1. The van der Waals surface area contributed by atoms with Crippen LogP contribution in [0, 0.1) is 6.92 Å². The Hall–Kier alpha value is -0.100.